The van der Waals surface area contributed by atoms with Crippen LogP contribution in [0.2, 0.25) is 0 Å². The van der Waals surface area contributed by atoms with Crippen molar-refractivity contribution in [3.63, 3.8) is 0 Å². The second-order valence-corrected chi connectivity index (χ2v) is 9.81. The van der Waals surface area contributed by atoms with Crippen molar-refractivity contribution in [2.75, 3.05) is 29.9 Å². The summed E-state index contributed by atoms with van der Waals surface area (Å²) < 4.78 is 37.7. The molecular weight excluding hydrogens is 480 g/mol. The third-order valence-corrected chi connectivity index (χ3v) is 7.14. The minimum Gasteiger partial charge on any atom is -0.482 e. The van der Waals surface area contributed by atoms with Crippen molar-refractivity contribution in [3.8, 4) is 5.75 Å². The van der Waals surface area contributed by atoms with Crippen LogP contribution >= 0.6 is 0 Å². The SMILES string of the molecule is CN(c1ccc(OCC(=O)OCC(=O)Nc2ccccc2)cc1)S(=O)(=O)c1ccc2ccccc2c1. The van der Waals surface area contributed by atoms with Crippen molar-refractivity contribution in [3.05, 3.63) is 97.1 Å². The van der Waals surface area contributed by atoms with Gasteiger partial charge in [0.05, 0.1) is 10.6 Å². The van der Waals surface area contributed by atoms with Gasteiger partial charge in [-0.3, -0.25) is 9.10 Å². The first-order valence-electron chi connectivity index (χ1n) is 11.0. The van der Waals surface area contributed by atoms with Crippen molar-refractivity contribution < 1.29 is 27.5 Å². The molecule has 0 aliphatic carbocycles. The number of carbonyl (C=O) groups excluding carboxylic acids is 2. The number of carbonyl (C=O) groups is 2. The van der Waals surface area contributed by atoms with Crippen LogP contribution in [0.5, 0.6) is 5.75 Å². The Kier molecular flexibility index (Phi) is 7.50. The molecule has 0 heterocycles. The molecule has 0 bridgehead atoms. The largest absolute Gasteiger partial charge is 0.482 e. The molecule has 4 aromatic rings. The van der Waals surface area contributed by atoms with Gasteiger partial charge in [-0.25, -0.2) is 13.2 Å². The highest BCUT2D eigenvalue weighted by Gasteiger charge is 2.21. The predicted octanol–water partition coefficient (Wildman–Crippen LogP) is 4.23. The van der Waals surface area contributed by atoms with Gasteiger partial charge in [-0.2, -0.15) is 0 Å². The maximum Gasteiger partial charge on any atom is 0.344 e. The van der Waals surface area contributed by atoms with E-state index in [1.807, 2.05) is 30.3 Å². The summed E-state index contributed by atoms with van der Waals surface area (Å²) in [5.41, 5.74) is 1.03. The zero-order valence-electron chi connectivity index (χ0n) is 19.5. The number of hydrogen-bond acceptors (Lipinski definition) is 6. The van der Waals surface area contributed by atoms with E-state index in [-0.39, 0.29) is 4.90 Å². The summed E-state index contributed by atoms with van der Waals surface area (Å²) in [6, 6.07) is 27.6. The Morgan fingerprint density at radius 3 is 2.19 bits per heavy atom. The number of benzene rings is 4. The molecule has 0 spiro atoms. The highest BCUT2D eigenvalue weighted by atomic mass is 32.2. The molecule has 0 fully saturated rings. The van der Waals surface area contributed by atoms with Gasteiger partial charge in [-0.05, 0) is 59.3 Å². The van der Waals surface area contributed by atoms with Gasteiger partial charge < -0.3 is 14.8 Å². The number of sulfonamides is 1. The van der Waals surface area contributed by atoms with Crippen LogP contribution in [0.25, 0.3) is 10.8 Å². The number of amides is 1. The standard InChI is InChI=1S/C27H24N2O6S/c1-29(36(32,33)25-16-11-20-7-5-6-8-21(20)17-25)23-12-14-24(15-13-23)34-19-27(31)35-18-26(30)28-22-9-3-2-4-10-22/h2-17H,18-19H2,1H3,(H,28,30). The Bertz CT molecular complexity index is 1470. The Morgan fingerprint density at radius 1 is 0.806 bits per heavy atom. The predicted molar refractivity (Wildman–Crippen MR) is 138 cm³/mol. The molecule has 0 atom stereocenters. The molecular formula is C27H24N2O6S. The Morgan fingerprint density at radius 2 is 1.47 bits per heavy atom. The van der Waals surface area contributed by atoms with Crippen LogP contribution in [0.3, 0.4) is 0 Å². The zero-order valence-corrected chi connectivity index (χ0v) is 20.3. The molecule has 0 aliphatic rings. The van der Waals surface area contributed by atoms with Gasteiger partial charge in [0.2, 0.25) is 0 Å². The first kappa shape index (κ1) is 24.7. The number of anilines is 2. The average molecular weight is 505 g/mol. The number of rotatable bonds is 9. The maximum atomic E-state index is 13.1. The van der Waals surface area contributed by atoms with Gasteiger partial charge in [-0.1, -0.05) is 48.5 Å². The molecule has 0 aromatic heterocycles. The molecule has 36 heavy (non-hydrogen) atoms. The average Bonchev–Trinajstić information content (AvgIpc) is 2.91. The van der Waals surface area contributed by atoms with Crippen LogP contribution in [-0.4, -0.2) is 40.6 Å². The molecule has 4 aromatic carbocycles. The lowest BCUT2D eigenvalue weighted by Gasteiger charge is -2.20. The lowest BCUT2D eigenvalue weighted by Crippen LogP contribution is -2.26. The van der Waals surface area contributed by atoms with Crippen molar-refractivity contribution in [2.24, 2.45) is 0 Å². The van der Waals surface area contributed by atoms with E-state index in [1.165, 1.54) is 11.4 Å². The number of nitrogens with zero attached hydrogens (tertiary/aromatic N) is 1. The van der Waals surface area contributed by atoms with E-state index in [9.17, 15) is 18.0 Å². The van der Waals surface area contributed by atoms with E-state index in [0.29, 0.717) is 17.1 Å². The lowest BCUT2D eigenvalue weighted by atomic mass is 10.1. The molecule has 184 valence electrons. The molecule has 1 amide bonds. The first-order valence-corrected chi connectivity index (χ1v) is 12.5. The van der Waals surface area contributed by atoms with Gasteiger partial charge in [-0.15, -0.1) is 0 Å². The summed E-state index contributed by atoms with van der Waals surface area (Å²) in [7, 11) is -2.31. The Labute approximate surface area is 209 Å². The van der Waals surface area contributed by atoms with Crippen molar-refractivity contribution in [2.45, 2.75) is 4.90 Å². The molecule has 4 rings (SSSR count). The van der Waals surface area contributed by atoms with Crippen LogP contribution in [0, 0.1) is 0 Å². The fraction of sp³-hybridized carbons (Fsp3) is 0.111. The van der Waals surface area contributed by atoms with Gasteiger partial charge in [0.25, 0.3) is 15.9 Å². The Balaban J connectivity index is 1.30. The number of para-hydroxylation sites is 1. The molecule has 0 aliphatic heterocycles. The molecule has 8 nitrogen and oxygen atoms in total. The topological polar surface area (TPSA) is 102 Å². The van der Waals surface area contributed by atoms with Crippen molar-refractivity contribution in [1.29, 1.82) is 0 Å². The van der Waals surface area contributed by atoms with Crippen LogP contribution in [0.4, 0.5) is 11.4 Å². The fourth-order valence-corrected chi connectivity index (χ4v) is 4.66. The molecule has 0 saturated carbocycles. The van der Waals surface area contributed by atoms with Gasteiger partial charge in [0, 0.05) is 12.7 Å². The summed E-state index contributed by atoms with van der Waals surface area (Å²) in [4.78, 5) is 24.0. The van der Waals surface area contributed by atoms with Crippen LogP contribution in [0.15, 0.2) is 102 Å². The summed E-state index contributed by atoms with van der Waals surface area (Å²) >= 11 is 0. The first-order chi connectivity index (χ1) is 17.3. The highest BCUT2D eigenvalue weighted by Crippen LogP contribution is 2.26. The second-order valence-electron chi connectivity index (χ2n) is 7.84. The normalized spacial score (nSPS) is 11.0. The van der Waals surface area contributed by atoms with E-state index >= 15 is 0 Å². The smallest absolute Gasteiger partial charge is 0.344 e. The minimum absolute atomic E-state index is 0.183. The van der Waals surface area contributed by atoms with E-state index < -0.39 is 35.1 Å². The Hall–Kier alpha value is -4.37. The van der Waals surface area contributed by atoms with Gasteiger partial charge >= 0.3 is 5.97 Å². The fourth-order valence-electron chi connectivity index (χ4n) is 3.43. The van der Waals surface area contributed by atoms with E-state index in [2.05, 4.69) is 5.32 Å². The summed E-state index contributed by atoms with van der Waals surface area (Å²) in [5.74, 6) is -0.825. The van der Waals surface area contributed by atoms with Gasteiger partial charge in [0.1, 0.15) is 5.75 Å². The second kappa shape index (κ2) is 10.9. The zero-order chi connectivity index (χ0) is 25.5. The van der Waals surface area contributed by atoms with Crippen LogP contribution < -0.4 is 14.4 Å². The quantitative estimate of drug-likeness (QED) is 0.343. The van der Waals surface area contributed by atoms with Crippen LogP contribution in [-0.2, 0) is 24.3 Å². The lowest BCUT2D eigenvalue weighted by molar-refractivity contribution is -0.149. The molecule has 0 saturated heterocycles. The monoisotopic (exact) mass is 504 g/mol. The summed E-state index contributed by atoms with van der Waals surface area (Å²) in [5, 5.41) is 4.40. The van der Waals surface area contributed by atoms with Crippen molar-refractivity contribution in [1.82, 2.24) is 0 Å². The molecule has 9 heteroatoms. The number of nitrogens with one attached hydrogen (secondary N) is 1. The number of esters is 1. The molecule has 1 N–H and O–H groups in total. The minimum atomic E-state index is -3.78. The van der Waals surface area contributed by atoms with Crippen molar-refractivity contribution >= 4 is 44.0 Å². The molecule has 0 radical (unpaired) electrons. The summed E-state index contributed by atoms with van der Waals surface area (Å²) in [6.45, 7) is -0.837. The highest BCUT2D eigenvalue weighted by molar-refractivity contribution is 7.92. The number of ether oxygens (including phenoxy) is 2. The summed E-state index contributed by atoms with van der Waals surface area (Å²) in [6.07, 6.45) is 0. The van der Waals surface area contributed by atoms with E-state index in [1.54, 1.807) is 66.7 Å². The van der Waals surface area contributed by atoms with Crippen LogP contribution in [0.1, 0.15) is 0 Å². The van der Waals surface area contributed by atoms with E-state index in [0.717, 1.165) is 10.8 Å². The number of hydrogen-bond donors (Lipinski definition) is 1. The van der Waals surface area contributed by atoms with Gasteiger partial charge in [0.15, 0.2) is 13.2 Å². The number of fused-ring (bicyclic) bond motifs is 1. The third-order valence-electron chi connectivity index (χ3n) is 5.36. The third kappa shape index (κ3) is 6.00. The molecule has 0 unspecified atom stereocenters. The van der Waals surface area contributed by atoms with E-state index in [4.69, 9.17) is 9.47 Å². The maximum absolute atomic E-state index is 13.1.